The van der Waals surface area contributed by atoms with Crippen molar-refractivity contribution in [3.8, 4) is 11.5 Å². The number of carbonyl (C=O) groups is 1. The Bertz CT molecular complexity index is 745. The van der Waals surface area contributed by atoms with Crippen LogP contribution in [0.5, 0.6) is 11.5 Å². The Kier molecular flexibility index (Phi) is 7.41. The monoisotopic (exact) mass is 372 g/mol. The summed E-state index contributed by atoms with van der Waals surface area (Å²) in [5.74, 6) is 1.57. The van der Waals surface area contributed by atoms with Gasteiger partial charge >= 0.3 is 0 Å². The quantitative estimate of drug-likeness (QED) is 0.712. The Morgan fingerprint density at radius 3 is 2.46 bits per heavy atom. The number of nitrogens with one attached hydrogen (secondary N) is 2. The first-order chi connectivity index (χ1) is 12.5. The van der Waals surface area contributed by atoms with Gasteiger partial charge < -0.3 is 14.8 Å². The lowest BCUT2D eigenvalue weighted by molar-refractivity contribution is 0.0977. The fourth-order valence-electron chi connectivity index (χ4n) is 2.13. The van der Waals surface area contributed by atoms with Crippen molar-refractivity contribution in [2.24, 2.45) is 5.92 Å². The Balaban J connectivity index is 1.92. The smallest absolute Gasteiger partial charge is 0.257 e. The zero-order valence-corrected chi connectivity index (χ0v) is 16.1. The van der Waals surface area contributed by atoms with Crippen LogP contribution in [0.15, 0.2) is 48.5 Å². The Morgan fingerprint density at radius 1 is 1.08 bits per heavy atom. The molecule has 138 valence electrons. The summed E-state index contributed by atoms with van der Waals surface area (Å²) in [6.45, 7) is 7.28. The van der Waals surface area contributed by atoms with E-state index in [1.165, 1.54) is 0 Å². The fraction of sp³-hybridized carbons (Fsp3) is 0.300. The highest BCUT2D eigenvalue weighted by molar-refractivity contribution is 7.80. The maximum Gasteiger partial charge on any atom is 0.257 e. The Labute approximate surface area is 159 Å². The summed E-state index contributed by atoms with van der Waals surface area (Å²) < 4.78 is 11.0. The number of benzene rings is 2. The summed E-state index contributed by atoms with van der Waals surface area (Å²) in [7, 11) is 0. The molecule has 0 heterocycles. The van der Waals surface area contributed by atoms with Gasteiger partial charge in [0.1, 0.15) is 11.5 Å². The third-order valence-electron chi connectivity index (χ3n) is 3.33. The van der Waals surface area contributed by atoms with Gasteiger partial charge in [-0.05, 0) is 67.5 Å². The van der Waals surface area contributed by atoms with E-state index in [9.17, 15) is 4.79 Å². The van der Waals surface area contributed by atoms with E-state index in [-0.39, 0.29) is 11.0 Å². The molecular formula is C20H24N2O3S. The van der Waals surface area contributed by atoms with Crippen LogP contribution >= 0.6 is 12.2 Å². The van der Waals surface area contributed by atoms with Gasteiger partial charge in [-0.3, -0.25) is 10.1 Å². The molecule has 0 aliphatic rings. The van der Waals surface area contributed by atoms with Gasteiger partial charge in [0.2, 0.25) is 0 Å². The Morgan fingerprint density at radius 2 is 1.81 bits per heavy atom. The van der Waals surface area contributed by atoms with Crippen molar-refractivity contribution in [2.75, 3.05) is 18.5 Å². The summed E-state index contributed by atoms with van der Waals surface area (Å²) in [5, 5.41) is 5.88. The number of amides is 1. The molecule has 2 rings (SSSR count). The average Bonchev–Trinajstić information content (AvgIpc) is 2.62. The van der Waals surface area contributed by atoms with Gasteiger partial charge in [0.15, 0.2) is 5.11 Å². The second-order valence-electron chi connectivity index (χ2n) is 6.10. The van der Waals surface area contributed by atoms with E-state index in [0.717, 1.165) is 11.4 Å². The molecule has 5 nitrogen and oxygen atoms in total. The number of hydrogen-bond donors (Lipinski definition) is 2. The summed E-state index contributed by atoms with van der Waals surface area (Å²) in [4.78, 5) is 12.4. The largest absolute Gasteiger partial charge is 0.494 e. The highest BCUT2D eigenvalue weighted by Crippen LogP contribution is 2.16. The summed E-state index contributed by atoms with van der Waals surface area (Å²) >= 11 is 5.21. The van der Waals surface area contributed by atoms with Crippen LogP contribution in [0.25, 0.3) is 0 Å². The molecule has 0 aromatic heterocycles. The molecule has 0 saturated carbocycles. The second kappa shape index (κ2) is 9.77. The van der Waals surface area contributed by atoms with Crippen LogP contribution in [0.1, 0.15) is 31.1 Å². The molecule has 0 bridgehead atoms. The third-order valence-corrected chi connectivity index (χ3v) is 3.53. The van der Waals surface area contributed by atoms with Crippen LogP contribution in [0, 0.1) is 5.92 Å². The van der Waals surface area contributed by atoms with E-state index >= 15 is 0 Å². The predicted molar refractivity (Wildman–Crippen MR) is 108 cm³/mol. The molecule has 6 heteroatoms. The third kappa shape index (κ3) is 6.37. The van der Waals surface area contributed by atoms with Crippen LogP contribution in [0.2, 0.25) is 0 Å². The molecular weight excluding hydrogens is 348 g/mol. The van der Waals surface area contributed by atoms with Gasteiger partial charge in [0.25, 0.3) is 5.91 Å². The first-order valence-corrected chi connectivity index (χ1v) is 8.96. The highest BCUT2D eigenvalue weighted by Gasteiger charge is 2.09. The first-order valence-electron chi connectivity index (χ1n) is 8.56. The maximum absolute atomic E-state index is 12.4. The SMILES string of the molecule is CCOc1ccc(NC(=S)NC(=O)c2cccc(OCC(C)C)c2)cc1. The standard InChI is InChI=1S/C20H24N2O3S/c1-4-24-17-10-8-16(9-11-17)21-20(26)22-19(23)15-6-5-7-18(12-15)25-13-14(2)3/h5-12,14H,4,13H2,1-3H3,(H2,21,22,23,26). The highest BCUT2D eigenvalue weighted by atomic mass is 32.1. The summed E-state index contributed by atoms with van der Waals surface area (Å²) in [6.07, 6.45) is 0. The zero-order chi connectivity index (χ0) is 18.9. The minimum Gasteiger partial charge on any atom is -0.494 e. The van der Waals surface area contributed by atoms with Gasteiger partial charge in [0, 0.05) is 11.3 Å². The molecule has 0 fully saturated rings. The van der Waals surface area contributed by atoms with E-state index in [4.69, 9.17) is 21.7 Å². The van der Waals surface area contributed by atoms with Crippen LogP contribution in [-0.4, -0.2) is 24.2 Å². The number of rotatable bonds is 7. The molecule has 2 aromatic carbocycles. The lowest BCUT2D eigenvalue weighted by Gasteiger charge is -2.12. The number of hydrogen-bond acceptors (Lipinski definition) is 4. The van der Waals surface area contributed by atoms with Crippen molar-refractivity contribution in [3.63, 3.8) is 0 Å². The van der Waals surface area contributed by atoms with Crippen LogP contribution in [-0.2, 0) is 0 Å². The molecule has 2 aromatic rings. The number of carbonyl (C=O) groups excluding carboxylic acids is 1. The maximum atomic E-state index is 12.4. The van der Waals surface area contributed by atoms with Crippen molar-refractivity contribution in [2.45, 2.75) is 20.8 Å². The minimum absolute atomic E-state index is 0.229. The molecule has 0 radical (unpaired) electrons. The van der Waals surface area contributed by atoms with Crippen LogP contribution in [0.3, 0.4) is 0 Å². The van der Waals surface area contributed by atoms with Crippen LogP contribution < -0.4 is 20.1 Å². The molecule has 0 spiro atoms. The van der Waals surface area contributed by atoms with Gasteiger partial charge in [-0.1, -0.05) is 19.9 Å². The van der Waals surface area contributed by atoms with Crippen LogP contribution in [0.4, 0.5) is 5.69 Å². The molecule has 0 saturated heterocycles. The predicted octanol–water partition coefficient (Wildman–Crippen LogP) is 4.25. The van der Waals surface area contributed by atoms with Crippen molar-refractivity contribution in [1.29, 1.82) is 0 Å². The van der Waals surface area contributed by atoms with Crippen molar-refractivity contribution < 1.29 is 14.3 Å². The normalized spacial score (nSPS) is 10.3. The van der Waals surface area contributed by atoms with Crippen molar-refractivity contribution in [3.05, 3.63) is 54.1 Å². The Hall–Kier alpha value is -2.60. The molecule has 0 atom stereocenters. The van der Waals surface area contributed by atoms with Crippen molar-refractivity contribution in [1.82, 2.24) is 5.32 Å². The van der Waals surface area contributed by atoms with E-state index in [2.05, 4.69) is 24.5 Å². The average molecular weight is 372 g/mol. The number of anilines is 1. The zero-order valence-electron chi connectivity index (χ0n) is 15.2. The van der Waals surface area contributed by atoms with Gasteiger partial charge in [-0.15, -0.1) is 0 Å². The molecule has 0 aliphatic heterocycles. The van der Waals surface area contributed by atoms with E-state index in [1.54, 1.807) is 18.2 Å². The second-order valence-corrected chi connectivity index (χ2v) is 6.51. The van der Waals surface area contributed by atoms with Gasteiger partial charge in [0.05, 0.1) is 13.2 Å². The molecule has 26 heavy (non-hydrogen) atoms. The van der Waals surface area contributed by atoms with Gasteiger partial charge in [-0.2, -0.15) is 0 Å². The van der Waals surface area contributed by atoms with E-state index in [0.29, 0.717) is 30.4 Å². The molecule has 0 aliphatic carbocycles. The number of thiocarbonyl (C=S) groups is 1. The van der Waals surface area contributed by atoms with Gasteiger partial charge in [-0.25, -0.2) is 0 Å². The number of ether oxygens (including phenoxy) is 2. The fourth-order valence-corrected chi connectivity index (χ4v) is 2.34. The van der Waals surface area contributed by atoms with Crippen molar-refractivity contribution >= 4 is 28.9 Å². The molecule has 0 unspecified atom stereocenters. The topological polar surface area (TPSA) is 59.6 Å². The summed E-state index contributed by atoms with van der Waals surface area (Å²) in [5.41, 5.74) is 1.26. The summed E-state index contributed by atoms with van der Waals surface area (Å²) in [6, 6.07) is 14.4. The molecule has 1 amide bonds. The molecule has 2 N–H and O–H groups in total. The lowest BCUT2D eigenvalue weighted by atomic mass is 10.2. The minimum atomic E-state index is -0.288. The van der Waals surface area contributed by atoms with E-state index in [1.807, 2.05) is 37.3 Å². The first kappa shape index (κ1) is 19.7. The lowest BCUT2D eigenvalue weighted by Crippen LogP contribution is -2.34. The van der Waals surface area contributed by atoms with E-state index < -0.39 is 0 Å².